The lowest BCUT2D eigenvalue weighted by molar-refractivity contribution is 0.0995. The number of benzene rings is 2. The van der Waals surface area contributed by atoms with E-state index in [-0.39, 0.29) is 11.6 Å². The summed E-state index contributed by atoms with van der Waals surface area (Å²) in [5.41, 5.74) is 2.03. The van der Waals surface area contributed by atoms with Crippen LogP contribution in [0.25, 0.3) is 11.1 Å². The van der Waals surface area contributed by atoms with Gasteiger partial charge in [-0.1, -0.05) is 23.9 Å². The second-order valence-corrected chi connectivity index (χ2v) is 6.39. The van der Waals surface area contributed by atoms with Crippen LogP contribution in [-0.4, -0.2) is 10.9 Å². The Balaban J connectivity index is 1.39. The number of fused-ring (bicyclic) bond motifs is 1. The van der Waals surface area contributed by atoms with Crippen LogP contribution in [0.3, 0.4) is 0 Å². The number of amides is 1. The van der Waals surface area contributed by atoms with Crippen molar-refractivity contribution in [2.75, 3.05) is 5.32 Å². The first kappa shape index (κ1) is 16.4. The van der Waals surface area contributed by atoms with E-state index in [1.165, 1.54) is 36.0 Å². The molecule has 0 unspecified atom stereocenters. The molecule has 0 aliphatic rings. The number of halogens is 1. The number of oxazole rings is 1. The number of nitrogens with one attached hydrogen (secondary N) is 1. The Morgan fingerprint density at radius 2 is 1.85 bits per heavy atom. The molecular formula is C19H13FN2O3S. The number of para-hydroxylation sites is 2. The smallest absolute Gasteiger partial charge is 0.291 e. The third-order valence-corrected chi connectivity index (χ3v) is 4.45. The molecule has 2 aromatic carbocycles. The fourth-order valence-corrected chi connectivity index (χ4v) is 3.08. The topological polar surface area (TPSA) is 68.3 Å². The highest BCUT2D eigenvalue weighted by Gasteiger charge is 2.13. The molecule has 4 aromatic rings. The maximum Gasteiger partial charge on any atom is 0.291 e. The van der Waals surface area contributed by atoms with Crippen molar-refractivity contribution in [2.45, 2.75) is 11.0 Å². The molecule has 130 valence electrons. The van der Waals surface area contributed by atoms with Gasteiger partial charge in [0.15, 0.2) is 11.3 Å². The van der Waals surface area contributed by atoms with Crippen LogP contribution in [0.1, 0.15) is 16.3 Å². The molecular weight excluding hydrogens is 355 g/mol. The molecule has 2 aromatic heterocycles. The Kier molecular flexibility index (Phi) is 4.45. The van der Waals surface area contributed by atoms with E-state index in [2.05, 4.69) is 10.3 Å². The van der Waals surface area contributed by atoms with Crippen LogP contribution in [0.4, 0.5) is 10.1 Å². The summed E-state index contributed by atoms with van der Waals surface area (Å²) in [6, 6.07) is 16.4. The number of carbonyl (C=O) groups is 1. The predicted octanol–water partition coefficient (Wildman–Crippen LogP) is 5.10. The van der Waals surface area contributed by atoms with E-state index in [0.29, 0.717) is 22.4 Å². The molecule has 0 saturated carbocycles. The lowest BCUT2D eigenvalue weighted by Gasteiger charge is -2.02. The van der Waals surface area contributed by atoms with Gasteiger partial charge in [0.05, 0.1) is 5.75 Å². The van der Waals surface area contributed by atoms with Crippen LogP contribution < -0.4 is 5.32 Å². The van der Waals surface area contributed by atoms with Gasteiger partial charge in [-0.2, -0.15) is 0 Å². The molecule has 0 saturated heterocycles. The monoisotopic (exact) mass is 368 g/mol. The van der Waals surface area contributed by atoms with Crippen molar-refractivity contribution in [3.63, 3.8) is 0 Å². The van der Waals surface area contributed by atoms with Crippen LogP contribution in [-0.2, 0) is 5.75 Å². The Labute approximate surface area is 152 Å². The van der Waals surface area contributed by atoms with Crippen LogP contribution in [0.15, 0.2) is 74.7 Å². The lowest BCUT2D eigenvalue weighted by atomic mass is 10.3. The summed E-state index contributed by atoms with van der Waals surface area (Å²) in [7, 11) is 0. The molecule has 5 nitrogen and oxygen atoms in total. The maximum absolute atomic E-state index is 12.9. The maximum atomic E-state index is 12.9. The van der Waals surface area contributed by atoms with Crippen molar-refractivity contribution in [1.82, 2.24) is 4.98 Å². The summed E-state index contributed by atoms with van der Waals surface area (Å²) < 4.78 is 24.1. The number of rotatable bonds is 5. The molecule has 0 radical (unpaired) electrons. The molecule has 0 bridgehead atoms. The van der Waals surface area contributed by atoms with Gasteiger partial charge in [-0.3, -0.25) is 4.79 Å². The van der Waals surface area contributed by atoms with Gasteiger partial charge in [0.1, 0.15) is 17.1 Å². The minimum absolute atomic E-state index is 0.183. The van der Waals surface area contributed by atoms with Crippen LogP contribution in [0.5, 0.6) is 0 Å². The molecule has 1 N–H and O–H groups in total. The number of furan rings is 1. The Morgan fingerprint density at radius 1 is 1.04 bits per heavy atom. The average Bonchev–Trinajstić information content (AvgIpc) is 3.28. The summed E-state index contributed by atoms with van der Waals surface area (Å²) >= 11 is 1.38. The summed E-state index contributed by atoms with van der Waals surface area (Å²) in [6.45, 7) is 0. The third kappa shape index (κ3) is 3.62. The van der Waals surface area contributed by atoms with Crippen molar-refractivity contribution in [3.8, 4) is 0 Å². The summed E-state index contributed by atoms with van der Waals surface area (Å²) in [5.74, 6) is 0.537. The zero-order valence-corrected chi connectivity index (χ0v) is 14.3. The van der Waals surface area contributed by atoms with E-state index in [0.717, 1.165) is 11.1 Å². The summed E-state index contributed by atoms with van der Waals surface area (Å²) in [4.78, 5) is 16.5. The second-order valence-electron chi connectivity index (χ2n) is 5.46. The molecule has 0 aliphatic heterocycles. The predicted molar refractivity (Wildman–Crippen MR) is 96.6 cm³/mol. The van der Waals surface area contributed by atoms with Gasteiger partial charge in [-0.25, -0.2) is 9.37 Å². The van der Waals surface area contributed by atoms with E-state index < -0.39 is 5.91 Å². The molecule has 1 amide bonds. The number of anilines is 1. The second kappa shape index (κ2) is 7.05. The van der Waals surface area contributed by atoms with Gasteiger partial charge < -0.3 is 14.2 Å². The van der Waals surface area contributed by atoms with E-state index in [1.807, 2.05) is 24.3 Å². The van der Waals surface area contributed by atoms with E-state index in [9.17, 15) is 9.18 Å². The molecule has 0 atom stereocenters. The van der Waals surface area contributed by atoms with Crippen LogP contribution in [0.2, 0.25) is 0 Å². The first-order valence-corrected chi connectivity index (χ1v) is 8.80. The Morgan fingerprint density at radius 3 is 2.65 bits per heavy atom. The highest BCUT2D eigenvalue weighted by Crippen LogP contribution is 2.27. The van der Waals surface area contributed by atoms with Crippen LogP contribution >= 0.6 is 11.8 Å². The van der Waals surface area contributed by atoms with Gasteiger partial charge in [-0.05, 0) is 48.5 Å². The molecule has 7 heteroatoms. The van der Waals surface area contributed by atoms with E-state index >= 15 is 0 Å². The van der Waals surface area contributed by atoms with Gasteiger partial charge >= 0.3 is 0 Å². The fraction of sp³-hybridized carbons (Fsp3) is 0.0526. The first-order chi connectivity index (χ1) is 12.7. The highest BCUT2D eigenvalue weighted by atomic mass is 32.2. The standard InChI is InChI=1S/C19H13FN2O3S/c20-12-5-7-13(8-6-12)21-18(23)17-10-9-14(24-17)11-26-19-22-15-3-1-2-4-16(15)25-19/h1-10H,11H2,(H,21,23). The van der Waals surface area contributed by atoms with Crippen molar-refractivity contribution >= 4 is 34.5 Å². The number of hydrogen-bond donors (Lipinski definition) is 1. The average molecular weight is 368 g/mol. The number of thioether (sulfide) groups is 1. The molecule has 2 heterocycles. The summed E-state index contributed by atoms with van der Waals surface area (Å²) in [5, 5.41) is 3.19. The fourth-order valence-electron chi connectivity index (χ4n) is 2.35. The quantitative estimate of drug-likeness (QED) is 0.496. The third-order valence-electron chi connectivity index (χ3n) is 3.60. The Bertz CT molecular complexity index is 1020. The number of carbonyl (C=O) groups excluding carboxylic acids is 1. The lowest BCUT2D eigenvalue weighted by Crippen LogP contribution is -2.10. The minimum Gasteiger partial charge on any atom is -0.455 e. The Hall–Kier alpha value is -3.06. The van der Waals surface area contributed by atoms with Crippen molar-refractivity contribution in [2.24, 2.45) is 0 Å². The largest absolute Gasteiger partial charge is 0.455 e. The first-order valence-electron chi connectivity index (χ1n) is 7.81. The van der Waals surface area contributed by atoms with Gasteiger partial charge in [0, 0.05) is 5.69 Å². The van der Waals surface area contributed by atoms with E-state index in [4.69, 9.17) is 8.83 Å². The summed E-state index contributed by atoms with van der Waals surface area (Å²) in [6.07, 6.45) is 0. The van der Waals surface area contributed by atoms with Gasteiger partial charge in [0.2, 0.25) is 0 Å². The zero-order valence-electron chi connectivity index (χ0n) is 13.4. The molecule has 0 fully saturated rings. The molecule has 0 spiro atoms. The van der Waals surface area contributed by atoms with Crippen molar-refractivity contribution in [3.05, 3.63) is 78.0 Å². The number of aromatic nitrogens is 1. The van der Waals surface area contributed by atoms with E-state index in [1.54, 1.807) is 12.1 Å². The van der Waals surface area contributed by atoms with Crippen molar-refractivity contribution < 1.29 is 18.0 Å². The SMILES string of the molecule is O=C(Nc1ccc(F)cc1)c1ccc(CSc2nc3ccccc3o2)o1. The zero-order chi connectivity index (χ0) is 17.9. The minimum atomic E-state index is -0.394. The van der Waals surface area contributed by atoms with Gasteiger partial charge in [0.25, 0.3) is 11.1 Å². The number of nitrogens with zero attached hydrogens (tertiary/aromatic N) is 1. The van der Waals surface area contributed by atoms with Crippen molar-refractivity contribution in [1.29, 1.82) is 0 Å². The number of hydrogen-bond acceptors (Lipinski definition) is 5. The molecule has 26 heavy (non-hydrogen) atoms. The molecule has 0 aliphatic carbocycles. The van der Waals surface area contributed by atoms with Gasteiger partial charge in [-0.15, -0.1) is 0 Å². The highest BCUT2D eigenvalue weighted by molar-refractivity contribution is 7.98. The molecule has 4 rings (SSSR count). The normalized spacial score (nSPS) is 11.0. The van der Waals surface area contributed by atoms with Crippen LogP contribution in [0, 0.1) is 5.82 Å².